The van der Waals surface area contributed by atoms with Crippen LogP contribution in [0, 0.1) is 29.4 Å². The summed E-state index contributed by atoms with van der Waals surface area (Å²) in [6.07, 6.45) is 17.2. The van der Waals surface area contributed by atoms with Crippen molar-refractivity contribution in [1.29, 1.82) is 0 Å². The fourth-order valence-corrected chi connectivity index (χ4v) is 4.54. The second kappa shape index (κ2) is 9.66. The Morgan fingerprint density at radius 3 is 2.48 bits per heavy atom. The summed E-state index contributed by atoms with van der Waals surface area (Å²) in [5, 5.41) is 0. The molecular weight excluding hydrogens is 338 g/mol. The first-order chi connectivity index (χ1) is 13.1. The Bertz CT molecular complexity index is 678. The van der Waals surface area contributed by atoms with E-state index in [2.05, 4.69) is 32.1 Å². The second-order valence-electron chi connectivity index (χ2n) is 8.67. The minimum Gasteiger partial charge on any atom is -0.203 e. The first-order valence-corrected chi connectivity index (χ1v) is 10.9. The van der Waals surface area contributed by atoms with E-state index in [0.29, 0.717) is 29.4 Å². The minimum absolute atomic E-state index is 0.470. The molecule has 1 aromatic rings. The maximum absolute atomic E-state index is 14.6. The van der Waals surface area contributed by atoms with Crippen LogP contribution in [0.15, 0.2) is 30.4 Å². The highest BCUT2D eigenvalue weighted by Crippen LogP contribution is 2.34. The van der Waals surface area contributed by atoms with E-state index in [4.69, 9.17) is 0 Å². The summed E-state index contributed by atoms with van der Waals surface area (Å²) >= 11 is 0. The molecule has 0 N–H and O–H groups in total. The van der Waals surface area contributed by atoms with Gasteiger partial charge in [0.05, 0.1) is 0 Å². The molecule has 0 aromatic heterocycles. The molecule has 3 rings (SSSR count). The Labute approximate surface area is 163 Å². The number of rotatable bonds is 6. The molecule has 0 radical (unpaired) electrons. The molecule has 0 nitrogen and oxygen atoms in total. The summed E-state index contributed by atoms with van der Waals surface area (Å²) in [5.41, 5.74) is 1.95. The molecule has 1 fully saturated rings. The average molecular weight is 373 g/mol. The maximum Gasteiger partial charge on any atom is 0.166 e. The van der Waals surface area contributed by atoms with Gasteiger partial charge in [-0.3, -0.25) is 0 Å². The molecule has 0 heterocycles. The normalized spacial score (nSPS) is 26.4. The molecule has 0 saturated heterocycles. The lowest BCUT2D eigenvalue weighted by molar-refractivity contribution is 0.330. The molecule has 0 aliphatic heterocycles. The van der Waals surface area contributed by atoms with Crippen LogP contribution >= 0.6 is 0 Å². The van der Waals surface area contributed by atoms with Crippen molar-refractivity contribution in [2.24, 2.45) is 17.8 Å². The second-order valence-corrected chi connectivity index (χ2v) is 8.67. The summed E-state index contributed by atoms with van der Waals surface area (Å²) in [5.74, 6) is 0.928. The van der Waals surface area contributed by atoms with Crippen LogP contribution in [0.4, 0.5) is 8.78 Å². The van der Waals surface area contributed by atoms with Crippen LogP contribution in [0.1, 0.15) is 82.8 Å². The molecule has 1 atom stereocenters. The number of hydrogen-bond donors (Lipinski definition) is 0. The maximum atomic E-state index is 14.6. The third-order valence-electron chi connectivity index (χ3n) is 6.65. The molecule has 2 aliphatic rings. The van der Waals surface area contributed by atoms with Crippen molar-refractivity contribution in [2.45, 2.75) is 78.1 Å². The Hall–Kier alpha value is -1.44. The van der Waals surface area contributed by atoms with Gasteiger partial charge < -0.3 is 0 Å². The first-order valence-electron chi connectivity index (χ1n) is 10.9. The summed E-state index contributed by atoms with van der Waals surface area (Å²) in [6.45, 7) is 4.52. The standard InChI is InChI=1S/C25H34F2/c1-3-19-12-14-21(15-13-19)23-17-16-22(24(26)25(23)27)7-5-4-6-20-10-8-18(2)9-11-20/h4,6,14,16-20H,3,5,7-13,15H2,1-2H3/b6-4+. The number of allylic oxidation sites excluding steroid dienone is 4. The van der Waals surface area contributed by atoms with Crippen LogP contribution in [0.5, 0.6) is 0 Å². The van der Waals surface area contributed by atoms with Crippen molar-refractivity contribution >= 4 is 5.57 Å². The lowest BCUT2D eigenvalue weighted by atomic mass is 9.83. The third-order valence-corrected chi connectivity index (χ3v) is 6.65. The predicted octanol–water partition coefficient (Wildman–Crippen LogP) is 7.87. The summed E-state index contributed by atoms with van der Waals surface area (Å²) in [4.78, 5) is 0. The molecule has 0 amide bonds. The lowest BCUT2D eigenvalue weighted by Crippen LogP contribution is -2.10. The summed E-state index contributed by atoms with van der Waals surface area (Å²) in [7, 11) is 0. The highest BCUT2D eigenvalue weighted by atomic mass is 19.2. The van der Waals surface area contributed by atoms with E-state index >= 15 is 0 Å². The van der Waals surface area contributed by atoms with E-state index < -0.39 is 11.6 Å². The van der Waals surface area contributed by atoms with Crippen molar-refractivity contribution < 1.29 is 8.78 Å². The van der Waals surface area contributed by atoms with Gasteiger partial charge in [-0.15, -0.1) is 0 Å². The van der Waals surface area contributed by atoms with Gasteiger partial charge in [-0.2, -0.15) is 0 Å². The van der Waals surface area contributed by atoms with Gasteiger partial charge in [0.25, 0.3) is 0 Å². The van der Waals surface area contributed by atoms with Crippen molar-refractivity contribution in [3.05, 3.63) is 53.1 Å². The van der Waals surface area contributed by atoms with E-state index in [0.717, 1.165) is 43.6 Å². The molecule has 0 spiro atoms. The smallest absolute Gasteiger partial charge is 0.166 e. The zero-order valence-electron chi connectivity index (χ0n) is 16.9. The molecule has 0 bridgehead atoms. The largest absolute Gasteiger partial charge is 0.203 e. The fraction of sp³-hybridized carbons (Fsp3) is 0.600. The zero-order valence-corrected chi connectivity index (χ0v) is 16.9. The van der Waals surface area contributed by atoms with E-state index in [9.17, 15) is 8.78 Å². The van der Waals surface area contributed by atoms with Gasteiger partial charge in [-0.25, -0.2) is 8.78 Å². The van der Waals surface area contributed by atoms with E-state index in [-0.39, 0.29) is 0 Å². The Morgan fingerprint density at radius 2 is 1.81 bits per heavy atom. The highest BCUT2D eigenvalue weighted by Gasteiger charge is 2.20. The number of halogens is 2. The van der Waals surface area contributed by atoms with E-state index in [1.807, 2.05) is 0 Å². The van der Waals surface area contributed by atoms with Crippen LogP contribution in [-0.2, 0) is 6.42 Å². The molecular formula is C25H34F2. The SMILES string of the molecule is CCC1CC=C(c2ccc(CC/C=C/C3CCC(C)CC3)c(F)c2F)CC1. The zero-order chi connectivity index (χ0) is 19.2. The van der Waals surface area contributed by atoms with Gasteiger partial charge >= 0.3 is 0 Å². The monoisotopic (exact) mass is 372 g/mol. The molecule has 148 valence electrons. The lowest BCUT2D eigenvalue weighted by Gasteiger charge is -2.23. The number of aryl methyl sites for hydroxylation is 1. The van der Waals surface area contributed by atoms with Gasteiger partial charge in [-0.05, 0) is 73.8 Å². The van der Waals surface area contributed by atoms with Crippen LogP contribution in [0.3, 0.4) is 0 Å². The molecule has 1 saturated carbocycles. The topological polar surface area (TPSA) is 0 Å². The van der Waals surface area contributed by atoms with Gasteiger partial charge in [0, 0.05) is 5.56 Å². The highest BCUT2D eigenvalue weighted by molar-refractivity contribution is 5.67. The minimum atomic E-state index is -0.654. The van der Waals surface area contributed by atoms with Crippen LogP contribution in [0.2, 0.25) is 0 Å². The number of hydrogen-bond acceptors (Lipinski definition) is 0. The quantitative estimate of drug-likeness (QED) is 0.446. The molecule has 1 unspecified atom stereocenters. The molecule has 1 aromatic carbocycles. The predicted molar refractivity (Wildman–Crippen MR) is 111 cm³/mol. The van der Waals surface area contributed by atoms with Crippen molar-refractivity contribution in [2.75, 3.05) is 0 Å². The van der Waals surface area contributed by atoms with Crippen LogP contribution in [-0.4, -0.2) is 0 Å². The van der Waals surface area contributed by atoms with E-state index in [1.165, 1.54) is 25.7 Å². The summed E-state index contributed by atoms with van der Waals surface area (Å²) in [6, 6.07) is 3.58. The summed E-state index contributed by atoms with van der Waals surface area (Å²) < 4.78 is 29.2. The van der Waals surface area contributed by atoms with E-state index in [1.54, 1.807) is 12.1 Å². The van der Waals surface area contributed by atoms with Crippen molar-refractivity contribution in [3.8, 4) is 0 Å². The first kappa shape index (κ1) is 20.3. The number of benzene rings is 1. The Morgan fingerprint density at radius 1 is 1.04 bits per heavy atom. The molecule has 2 aliphatic carbocycles. The van der Waals surface area contributed by atoms with Gasteiger partial charge in [0.15, 0.2) is 11.6 Å². The van der Waals surface area contributed by atoms with Crippen LogP contribution in [0.25, 0.3) is 5.57 Å². The molecule has 2 heteroatoms. The fourth-order valence-electron chi connectivity index (χ4n) is 4.54. The van der Waals surface area contributed by atoms with Gasteiger partial charge in [-0.1, -0.05) is 63.5 Å². The Balaban J connectivity index is 1.58. The molecule has 27 heavy (non-hydrogen) atoms. The van der Waals surface area contributed by atoms with Gasteiger partial charge in [0.2, 0.25) is 0 Å². The Kier molecular flexibility index (Phi) is 7.26. The van der Waals surface area contributed by atoms with Crippen molar-refractivity contribution in [1.82, 2.24) is 0 Å². The third kappa shape index (κ3) is 5.30. The van der Waals surface area contributed by atoms with Gasteiger partial charge in [0.1, 0.15) is 0 Å². The average Bonchev–Trinajstić information content (AvgIpc) is 2.70. The van der Waals surface area contributed by atoms with Crippen molar-refractivity contribution in [3.63, 3.8) is 0 Å². The van der Waals surface area contributed by atoms with Crippen LogP contribution < -0.4 is 0 Å².